The third-order valence-corrected chi connectivity index (χ3v) is 6.23. The van der Waals surface area contributed by atoms with E-state index in [4.69, 9.17) is 21.7 Å². The zero-order valence-electron chi connectivity index (χ0n) is 18.4. The number of carbonyl (C=O) groups is 2. The minimum absolute atomic E-state index is 0.0303. The molecule has 2 aliphatic rings. The van der Waals surface area contributed by atoms with Gasteiger partial charge in [0.05, 0.1) is 0 Å². The molecule has 0 saturated carbocycles. The molecule has 0 spiro atoms. The number of amides is 2. The molecule has 2 amide bonds. The molecule has 9 heteroatoms. The number of likely N-dealkylation sites (tertiary alicyclic amines) is 1. The number of hydrogen-bond donors (Lipinski definition) is 3. The van der Waals surface area contributed by atoms with E-state index >= 15 is 0 Å². The highest BCUT2D eigenvalue weighted by Crippen LogP contribution is 2.32. The number of fused-ring (bicyclic) bond motifs is 1. The van der Waals surface area contributed by atoms with E-state index in [9.17, 15) is 9.59 Å². The van der Waals surface area contributed by atoms with E-state index in [-0.39, 0.29) is 30.6 Å². The average Bonchev–Trinajstić information content (AvgIpc) is 3.25. The van der Waals surface area contributed by atoms with Crippen LogP contribution in [0.2, 0.25) is 0 Å². The highest BCUT2D eigenvalue weighted by atomic mass is 32.1. The van der Waals surface area contributed by atoms with Crippen LogP contribution in [0.3, 0.4) is 0 Å². The van der Waals surface area contributed by atoms with Gasteiger partial charge in [0.1, 0.15) is 6.04 Å². The summed E-state index contributed by atoms with van der Waals surface area (Å²) in [6, 6.07) is 4.48. The van der Waals surface area contributed by atoms with Gasteiger partial charge in [0.2, 0.25) is 12.7 Å². The molecule has 170 valence electrons. The van der Waals surface area contributed by atoms with E-state index in [0.29, 0.717) is 17.1 Å². The van der Waals surface area contributed by atoms with Crippen molar-refractivity contribution in [1.29, 1.82) is 0 Å². The van der Waals surface area contributed by atoms with Crippen LogP contribution in [0, 0.1) is 5.92 Å². The molecule has 0 bridgehead atoms. The number of benzene rings is 1. The number of nitrogens with one attached hydrogen (secondary N) is 3. The molecule has 31 heavy (non-hydrogen) atoms. The first-order valence-electron chi connectivity index (χ1n) is 11.0. The quantitative estimate of drug-likeness (QED) is 0.550. The van der Waals surface area contributed by atoms with Gasteiger partial charge in [0.25, 0.3) is 5.91 Å². The van der Waals surface area contributed by atoms with Crippen molar-refractivity contribution in [2.75, 3.05) is 26.4 Å². The molecule has 1 fully saturated rings. The van der Waals surface area contributed by atoms with Crippen LogP contribution in [0.5, 0.6) is 11.5 Å². The monoisotopic (exact) mass is 448 g/mol. The van der Waals surface area contributed by atoms with Gasteiger partial charge in [-0.05, 0) is 69.4 Å². The Balaban J connectivity index is 1.70. The third kappa shape index (κ3) is 5.78. The predicted molar refractivity (Wildman–Crippen MR) is 122 cm³/mol. The molecule has 1 aromatic carbocycles. The lowest BCUT2D eigenvalue weighted by Crippen LogP contribution is -2.55. The second-order valence-electron chi connectivity index (χ2n) is 8.00. The van der Waals surface area contributed by atoms with Crippen LogP contribution in [0.1, 0.15) is 50.4 Å². The Morgan fingerprint density at radius 3 is 2.55 bits per heavy atom. The number of nitrogens with zero attached hydrogens (tertiary/aromatic N) is 1. The number of carbonyl (C=O) groups excluding carboxylic acids is 2. The number of piperidine rings is 1. The van der Waals surface area contributed by atoms with Crippen molar-refractivity contribution < 1.29 is 19.1 Å². The van der Waals surface area contributed by atoms with Crippen molar-refractivity contribution in [2.45, 2.75) is 52.1 Å². The molecular formula is C22H32N4O4S. The predicted octanol–water partition coefficient (Wildman–Crippen LogP) is 2.03. The zero-order chi connectivity index (χ0) is 22.4. The summed E-state index contributed by atoms with van der Waals surface area (Å²) in [5, 5.41) is 9.93. The SMILES string of the molecule is CCNC(=S)N1CCC([C@H](NC(=O)c2ccc3c(c2)OCO3)C(=O)N[C@H](C)CC)CC1. The van der Waals surface area contributed by atoms with Crippen molar-refractivity contribution in [1.82, 2.24) is 20.9 Å². The fraction of sp³-hybridized carbons (Fsp3) is 0.591. The van der Waals surface area contributed by atoms with Crippen molar-refractivity contribution in [2.24, 2.45) is 5.92 Å². The summed E-state index contributed by atoms with van der Waals surface area (Å²) >= 11 is 5.42. The van der Waals surface area contributed by atoms with Crippen molar-refractivity contribution >= 4 is 29.1 Å². The maximum Gasteiger partial charge on any atom is 0.252 e. The smallest absolute Gasteiger partial charge is 0.252 e. The largest absolute Gasteiger partial charge is 0.454 e. The first-order chi connectivity index (χ1) is 14.9. The van der Waals surface area contributed by atoms with Crippen LogP contribution in [-0.4, -0.2) is 60.3 Å². The van der Waals surface area contributed by atoms with E-state index in [1.165, 1.54) is 0 Å². The average molecular weight is 449 g/mol. The van der Waals surface area contributed by atoms with Crippen molar-refractivity contribution in [3.8, 4) is 11.5 Å². The van der Waals surface area contributed by atoms with E-state index in [0.717, 1.165) is 44.0 Å². The highest BCUT2D eigenvalue weighted by molar-refractivity contribution is 7.80. The van der Waals surface area contributed by atoms with Crippen LogP contribution in [0.15, 0.2) is 18.2 Å². The van der Waals surface area contributed by atoms with Crippen molar-refractivity contribution in [3.05, 3.63) is 23.8 Å². The molecule has 1 saturated heterocycles. The van der Waals surface area contributed by atoms with Gasteiger partial charge >= 0.3 is 0 Å². The van der Waals surface area contributed by atoms with Crippen LogP contribution in [0.25, 0.3) is 0 Å². The highest BCUT2D eigenvalue weighted by Gasteiger charge is 2.34. The standard InChI is InChI=1S/C22H32N4O4S/c1-4-14(3)24-21(28)19(15-8-10-26(11-9-15)22(31)23-5-2)25-20(27)16-6-7-17-18(12-16)30-13-29-17/h6-7,12,14-15,19H,4-5,8-11,13H2,1-3H3,(H,23,31)(H,24,28)(H,25,27)/t14-,19+/m1/s1. The Kier molecular flexibility index (Phi) is 7.95. The molecule has 0 aromatic heterocycles. The Morgan fingerprint density at radius 1 is 1.16 bits per heavy atom. The summed E-state index contributed by atoms with van der Waals surface area (Å²) in [6.07, 6.45) is 2.36. The maximum atomic E-state index is 13.1. The first kappa shape index (κ1) is 23.1. The van der Waals surface area contributed by atoms with E-state index in [1.807, 2.05) is 20.8 Å². The molecular weight excluding hydrogens is 416 g/mol. The fourth-order valence-electron chi connectivity index (χ4n) is 3.79. The van der Waals surface area contributed by atoms with Gasteiger partial charge in [0.15, 0.2) is 16.6 Å². The lowest BCUT2D eigenvalue weighted by molar-refractivity contribution is -0.125. The molecule has 0 radical (unpaired) electrons. The summed E-state index contributed by atoms with van der Waals surface area (Å²) in [5.74, 6) is 0.747. The summed E-state index contributed by atoms with van der Waals surface area (Å²) in [5.41, 5.74) is 0.441. The Morgan fingerprint density at radius 2 is 1.87 bits per heavy atom. The van der Waals surface area contributed by atoms with Gasteiger partial charge in [-0.15, -0.1) is 0 Å². The molecule has 3 rings (SSSR count). The number of ether oxygens (including phenoxy) is 2. The summed E-state index contributed by atoms with van der Waals surface area (Å²) in [4.78, 5) is 28.2. The van der Waals surface area contributed by atoms with Crippen LogP contribution >= 0.6 is 12.2 Å². The van der Waals surface area contributed by atoms with Crippen molar-refractivity contribution in [3.63, 3.8) is 0 Å². The molecule has 2 heterocycles. The normalized spacial score (nSPS) is 17.6. The van der Waals surface area contributed by atoms with Crippen LogP contribution in [-0.2, 0) is 4.79 Å². The van der Waals surface area contributed by atoms with Gasteiger partial charge in [0, 0.05) is 31.2 Å². The molecule has 2 atom stereocenters. The van der Waals surface area contributed by atoms with Gasteiger partial charge in [-0.1, -0.05) is 6.92 Å². The lowest BCUT2D eigenvalue weighted by atomic mass is 9.88. The zero-order valence-corrected chi connectivity index (χ0v) is 19.2. The van der Waals surface area contributed by atoms with Crippen LogP contribution < -0.4 is 25.4 Å². The minimum Gasteiger partial charge on any atom is -0.454 e. The second-order valence-corrected chi connectivity index (χ2v) is 8.38. The summed E-state index contributed by atoms with van der Waals surface area (Å²) < 4.78 is 10.7. The van der Waals surface area contributed by atoms with E-state index in [1.54, 1.807) is 18.2 Å². The molecule has 1 aromatic rings. The van der Waals surface area contributed by atoms with Gasteiger partial charge in [-0.25, -0.2) is 0 Å². The molecule has 0 unspecified atom stereocenters. The van der Waals surface area contributed by atoms with Crippen LogP contribution in [0.4, 0.5) is 0 Å². The molecule has 8 nitrogen and oxygen atoms in total. The Bertz CT molecular complexity index is 811. The summed E-state index contributed by atoms with van der Waals surface area (Å²) in [7, 11) is 0. The number of thiocarbonyl (C=S) groups is 1. The maximum absolute atomic E-state index is 13.1. The third-order valence-electron chi connectivity index (χ3n) is 5.83. The van der Waals surface area contributed by atoms with E-state index in [2.05, 4.69) is 20.9 Å². The molecule has 3 N–H and O–H groups in total. The molecule has 0 aliphatic carbocycles. The first-order valence-corrected chi connectivity index (χ1v) is 11.4. The molecule has 2 aliphatic heterocycles. The minimum atomic E-state index is -0.609. The summed E-state index contributed by atoms with van der Waals surface area (Å²) in [6.45, 7) is 8.43. The van der Waals surface area contributed by atoms with Gasteiger partial charge in [-0.3, -0.25) is 9.59 Å². The Hall–Kier alpha value is -2.55. The topological polar surface area (TPSA) is 91.9 Å². The fourth-order valence-corrected chi connectivity index (χ4v) is 4.12. The number of rotatable bonds is 7. The number of hydrogen-bond acceptors (Lipinski definition) is 5. The van der Waals surface area contributed by atoms with Gasteiger partial charge in [-0.2, -0.15) is 0 Å². The lowest BCUT2D eigenvalue weighted by Gasteiger charge is -2.37. The Labute approximate surface area is 189 Å². The second kappa shape index (κ2) is 10.7. The van der Waals surface area contributed by atoms with Gasteiger partial charge < -0.3 is 30.3 Å². The van der Waals surface area contributed by atoms with E-state index < -0.39 is 6.04 Å².